The molecule has 0 radical (unpaired) electrons. The maximum atomic E-state index is 12.6. The first-order valence-corrected chi connectivity index (χ1v) is 9.97. The highest BCUT2D eigenvalue weighted by molar-refractivity contribution is 5.94. The van der Waals surface area contributed by atoms with Crippen LogP contribution in [0.25, 0.3) is 5.57 Å². The molecule has 2 atom stereocenters. The number of nitrogens with one attached hydrogen (secondary N) is 4. The summed E-state index contributed by atoms with van der Waals surface area (Å²) in [5.41, 5.74) is 9.69. The standard InChI is InChI=1S/C23H29N5O/c1-16(14-26-15-17-7-9-19(10-8-17)22(24)25)28-23(29)21-13-20(11-12-27-21)18-5-3-2-4-6-18/h2-10,13,16,21,26-27H,11-12,14-15H2,1H3,(H3,24,25)(H,28,29)/t16-,21+/m0/s1. The molecule has 1 heterocycles. The van der Waals surface area contributed by atoms with E-state index in [0.717, 1.165) is 24.1 Å². The molecule has 2 aromatic carbocycles. The van der Waals surface area contributed by atoms with Crippen LogP contribution in [0.2, 0.25) is 0 Å². The fourth-order valence-electron chi connectivity index (χ4n) is 3.39. The molecular formula is C23H29N5O. The number of carbonyl (C=O) groups excluding carboxylic acids is 1. The van der Waals surface area contributed by atoms with Crippen molar-refractivity contribution in [2.24, 2.45) is 5.73 Å². The predicted octanol–water partition coefficient (Wildman–Crippen LogP) is 2.01. The van der Waals surface area contributed by atoms with Crippen molar-refractivity contribution in [3.8, 4) is 0 Å². The van der Waals surface area contributed by atoms with Gasteiger partial charge < -0.3 is 21.7 Å². The lowest BCUT2D eigenvalue weighted by Gasteiger charge is -2.24. The second-order valence-electron chi connectivity index (χ2n) is 7.39. The zero-order valence-electron chi connectivity index (χ0n) is 16.7. The van der Waals surface area contributed by atoms with Crippen molar-refractivity contribution in [2.75, 3.05) is 13.1 Å². The van der Waals surface area contributed by atoms with Crippen molar-refractivity contribution in [2.45, 2.75) is 32.0 Å². The van der Waals surface area contributed by atoms with Crippen molar-refractivity contribution in [3.05, 3.63) is 77.4 Å². The number of carbonyl (C=O) groups is 1. The second kappa shape index (κ2) is 10.0. The largest absolute Gasteiger partial charge is 0.384 e. The molecule has 0 aliphatic carbocycles. The Morgan fingerprint density at radius 2 is 1.93 bits per heavy atom. The highest BCUT2D eigenvalue weighted by atomic mass is 16.2. The number of amides is 1. The van der Waals surface area contributed by atoms with Gasteiger partial charge in [0.15, 0.2) is 0 Å². The van der Waals surface area contributed by atoms with Gasteiger partial charge in [0.1, 0.15) is 11.9 Å². The SMILES string of the molecule is C[C@@H](CNCc1ccc(C(=N)N)cc1)NC(=O)[C@H]1C=C(c2ccccc2)CCN1. The minimum Gasteiger partial charge on any atom is -0.384 e. The van der Waals surface area contributed by atoms with Gasteiger partial charge in [0.25, 0.3) is 0 Å². The molecule has 0 spiro atoms. The van der Waals surface area contributed by atoms with Crippen LogP contribution in [0, 0.1) is 5.41 Å². The van der Waals surface area contributed by atoms with E-state index in [2.05, 4.69) is 28.1 Å². The summed E-state index contributed by atoms with van der Waals surface area (Å²) in [7, 11) is 0. The maximum absolute atomic E-state index is 12.6. The molecular weight excluding hydrogens is 362 g/mol. The molecule has 0 fully saturated rings. The molecule has 1 aliphatic heterocycles. The number of benzene rings is 2. The van der Waals surface area contributed by atoms with Crippen LogP contribution in [-0.2, 0) is 11.3 Å². The lowest BCUT2D eigenvalue weighted by molar-refractivity contribution is -0.122. The van der Waals surface area contributed by atoms with Crippen LogP contribution in [0.4, 0.5) is 0 Å². The quantitative estimate of drug-likeness (QED) is 0.351. The summed E-state index contributed by atoms with van der Waals surface area (Å²) in [6.45, 7) is 4.15. The van der Waals surface area contributed by atoms with Crippen molar-refractivity contribution in [1.82, 2.24) is 16.0 Å². The van der Waals surface area contributed by atoms with Crippen LogP contribution < -0.4 is 21.7 Å². The Balaban J connectivity index is 1.47. The minimum absolute atomic E-state index is 0.00163. The van der Waals surface area contributed by atoms with E-state index >= 15 is 0 Å². The summed E-state index contributed by atoms with van der Waals surface area (Å²) < 4.78 is 0. The molecule has 1 amide bonds. The second-order valence-corrected chi connectivity index (χ2v) is 7.39. The van der Waals surface area contributed by atoms with Crippen LogP contribution >= 0.6 is 0 Å². The maximum Gasteiger partial charge on any atom is 0.241 e. The van der Waals surface area contributed by atoms with E-state index in [1.807, 2.05) is 55.5 Å². The van der Waals surface area contributed by atoms with E-state index in [4.69, 9.17) is 11.1 Å². The third-order valence-electron chi connectivity index (χ3n) is 4.99. The molecule has 0 saturated heterocycles. The van der Waals surface area contributed by atoms with E-state index in [-0.39, 0.29) is 23.8 Å². The van der Waals surface area contributed by atoms with Gasteiger partial charge >= 0.3 is 0 Å². The highest BCUT2D eigenvalue weighted by Crippen LogP contribution is 2.21. The Morgan fingerprint density at radius 1 is 1.21 bits per heavy atom. The van der Waals surface area contributed by atoms with Crippen LogP contribution in [0.15, 0.2) is 60.7 Å². The van der Waals surface area contributed by atoms with E-state index in [9.17, 15) is 4.79 Å². The average Bonchev–Trinajstić information content (AvgIpc) is 2.75. The first kappa shape index (κ1) is 20.8. The van der Waals surface area contributed by atoms with Crippen molar-refractivity contribution < 1.29 is 4.79 Å². The Bertz CT molecular complexity index is 861. The van der Waals surface area contributed by atoms with Crippen molar-refractivity contribution in [3.63, 3.8) is 0 Å². The first-order chi connectivity index (χ1) is 14.0. The lowest BCUT2D eigenvalue weighted by atomic mass is 9.97. The normalized spacial score (nSPS) is 17.3. The summed E-state index contributed by atoms with van der Waals surface area (Å²) in [6, 6.07) is 17.5. The summed E-state index contributed by atoms with van der Waals surface area (Å²) in [4.78, 5) is 12.6. The summed E-state index contributed by atoms with van der Waals surface area (Å²) in [5.74, 6) is 0.0693. The first-order valence-electron chi connectivity index (χ1n) is 9.97. The van der Waals surface area contributed by atoms with Gasteiger partial charge in [-0.2, -0.15) is 0 Å². The van der Waals surface area contributed by atoms with E-state index < -0.39 is 0 Å². The fraction of sp³-hybridized carbons (Fsp3) is 0.304. The number of hydrogen-bond acceptors (Lipinski definition) is 4. The van der Waals surface area contributed by atoms with Crippen LogP contribution in [-0.4, -0.2) is 36.9 Å². The molecule has 29 heavy (non-hydrogen) atoms. The van der Waals surface area contributed by atoms with Gasteiger partial charge in [-0.25, -0.2) is 0 Å². The van der Waals surface area contributed by atoms with Crippen LogP contribution in [0.5, 0.6) is 0 Å². The number of nitrogens with two attached hydrogens (primary N) is 1. The predicted molar refractivity (Wildman–Crippen MR) is 118 cm³/mol. The molecule has 0 bridgehead atoms. The van der Waals surface area contributed by atoms with E-state index in [1.165, 1.54) is 11.1 Å². The van der Waals surface area contributed by atoms with E-state index in [1.54, 1.807) is 0 Å². The van der Waals surface area contributed by atoms with Gasteiger partial charge in [-0.05, 0) is 30.0 Å². The number of amidine groups is 1. The number of nitrogen functional groups attached to an aromatic ring is 1. The van der Waals surface area contributed by atoms with Gasteiger partial charge in [-0.15, -0.1) is 0 Å². The van der Waals surface area contributed by atoms with Gasteiger partial charge in [-0.3, -0.25) is 10.2 Å². The summed E-state index contributed by atoms with van der Waals surface area (Å²) in [5, 5.41) is 17.1. The van der Waals surface area contributed by atoms with Gasteiger partial charge in [0, 0.05) is 31.2 Å². The minimum atomic E-state index is -0.305. The zero-order valence-corrected chi connectivity index (χ0v) is 16.7. The third-order valence-corrected chi connectivity index (χ3v) is 4.99. The van der Waals surface area contributed by atoms with Crippen LogP contribution in [0.1, 0.15) is 30.0 Å². The Kier molecular flexibility index (Phi) is 7.16. The Hall–Kier alpha value is -2.96. The molecule has 0 aromatic heterocycles. The molecule has 152 valence electrons. The van der Waals surface area contributed by atoms with Gasteiger partial charge in [0.2, 0.25) is 5.91 Å². The van der Waals surface area contributed by atoms with Crippen LogP contribution in [0.3, 0.4) is 0 Å². The molecule has 3 rings (SSSR count). The molecule has 0 saturated carbocycles. The average molecular weight is 392 g/mol. The van der Waals surface area contributed by atoms with Crippen molar-refractivity contribution in [1.29, 1.82) is 5.41 Å². The number of rotatable bonds is 8. The molecule has 0 unspecified atom stereocenters. The molecule has 6 nitrogen and oxygen atoms in total. The topological polar surface area (TPSA) is 103 Å². The van der Waals surface area contributed by atoms with Gasteiger partial charge in [0.05, 0.1) is 0 Å². The summed E-state index contributed by atoms with van der Waals surface area (Å²) >= 11 is 0. The zero-order chi connectivity index (χ0) is 20.6. The lowest BCUT2D eigenvalue weighted by Crippen LogP contribution is -2.49. The van der Waals surface area contributed by atoms with Crippen molar-refractivity contribution >= 4 is 17.3 Å². The van der Waals surface area contributed by atoms with Gasteiger partial charge in [-0.1, -0.05) is 60.7 Å². The summed E-state index contributed by atoms with van der Waals surface area (Å²) in [6.07, 6.45) is 2.96. The Morgan fingerprint density at radius 3 is 2.62 bits per heavy atom. The Labute approximate surface area is 172 Å². The molecule has 1 aliphatic rings. The monoisotopic (exact) mass is 391 g/mol. The molecule has 6 heteroatoms. The molecule has 2 aromatic rings. The third kappa shape index (κ3) is 6.01. The molecule has 6 N–H and O–H groups in total. The highest BCUT2D eigenvalue weighted by Gasteiger charge is 2.21. The van der Waals surface area contributed by atoms with E-state index in [0.29, 0.717) is 13.1 Å². The fourth-order valence-corrected chi connectivity index (χ4v) is 3.39. The smallest absolute Gasteiger partial charge is 0.241 e. The number of hydrogen-bond donors (Lipinski definition) is 5.